The van der Waals surface area contributed by atoms with Gasteiger partial charge in [-0.3, -0.25) is 4.79 Å². The number of nitrogens with one attached hydrogen (secondary N) is 1. The van der Waals surface area contributed by atoms with Gasteiger partial charge in [-0.25, -0.2) is 4.39 Å². The van der Waals surface area contributed by atoms with E-state index in [1.165, 1.54) is 6.07 Å². The van der Waals surface area contributed by atoms with Crippen molar-refractivity contribution in [3.8, 4) is 11.3 Å². The Kier molecular flexibility index (Phi) is 4.24. The van der Waals surface area contributed by atoms with Crippen molar-refractivity contribution in [2.75, 3.05) is 20.1 Å². The number of hydrogen-bond donors (Lipinski definition) is 1. The van der Waals surface area contributed by atoms with Crippen LogP contribution < -0.4 is 5.32 Å². The second kappa shape index (κ2) is 6.32. The smallest absolute Gasteiger partial charge is 0.289 e. The Hall–Kier alpha value is -2.14. The van der Waals surface area contributed by atoms with Crippen molar-refractivity contribution in [1.82, 2.24) is 10.2 Å². The van der Waals surface area contributed by atoms with Crippen LogP contribution in [-0.4, -0.2) is 37.0 Å². The molecule has 0 radical (unpaired) electrons. The first-order chi connectivity index (χ1) is 10.7. The number of carbonyl (C=O) groups is 1. The first-order valence-electron chi connectivity index (χ1n) is 7.49. The molecule has 2 aromatic rings. The molecule has 1 aromatic heterocycles. The van der Waals surface area contributed by atoms with E-state index in [4.69, 9.17) is 4.42 Å². The maximum absolute atomic E-state index is 13.8. The molecule has 1 aliphatic rings. The monoisotopic (exact) mass is 302 g/mol. The summed E-state index contributed by atoms with van der Waals surface area (Å²) in [6, 6.07) is 9.85. The largest absolute Gasteiger partial charge is 0.451 e. The number of benzene rings is 1. The third-order valence-electron chi connectivity index (χ3n) is 4.13. The highest BCUT2D eigenvalue weighted by atomic mass is 19.1. The summed E-state index contributed by atoms with van der Waals surface area (Å²) in [4.78, 5) is 14.2. The molecule has 1 amide bonds. The minimum absolute atomic E-state index is 0.158. The lowest BCUT2D eigenvalue weighted by atomic mass is 10.1. The van der Waals surface area contributed by atoms with Crippen molar-refractivity contribution in [3.05, 3.63) is 48.0 Å². The number of hydrogen-bond acceptors (Lipinski definition) is 3. The number of furan rings is 1. The van der Waals surface area contributed by atoms with Crippen LogP contribution >= 0.6 is 0 Å². The molecule has 1 fully saturated rings. The third-order valence-corrected chi connectivity index (χ3v) is 4.13. The first kappa shape index (κ1) is 14.8. The van der Waals surface area contributed by atoms with Crippen LogP contribution in [0.3, 0.4) is 0 Å². The van der Waals surface area contributed by atoms with Crippen molar-refractivity contribution >= 4 is 5.91 Å². The SMILES string of the molecule is CN(C(=O)c1ccc(-c2ccccc2F)o1)C1CCNCC1. The molecule has 5 heteroatoms. The van der Waals surface area contributed by atoms with Gasteiger partial charge in [0.15, 0.2) is 5.76 Å². The van der Waals surface area contributed by atoms with Gasteiger partial charge in [-0.1, -0.05) is 12.1 Å². The van der Waals surface area contributed by atoms with Crippen LogP contribution in [0.25, 0.3) is 11.3 Å². The van der Waals surface area contributed by atoms with Crippen LogP contribution in [0.1, 0.15) is 23.4 Å². The van der Waals surface area contributed by atoms with Gasteiger partial charge in [0, 0.05) is 13.1 Å². The zero-order valence-electron chi connectivity index (χ0n) is 12.5. The quantitative estimate of drug-likeness (QED) is 0.948. The van der Waals surface area contributed by atoms with E-state index in [9.17, 15) is 9.18 Å². The summed E-state index contributed by atoms with van der Waals surface area (Å²) in [5, 5.41) is 3.28. The molecule has 0 atom stereocenters. The Morgan fingerprint density at radius 3 is 2.68 bits per heavy atom. The minimum Gasteiger partial charge on any atom is -0.451 e. The summed E-state index contributed by atoms with van der Waals surface area (Å²) < 4.78 is 19.4. The predicted molar refractivity (Wildman–Crippen MR) is 82.1 cm³/mol. The van der Waals surface area contributed by atoms with Crippen molar-refractivity contribution in [2.45, 2.75) is 18.9 Å². The molecule has 0 bridgehead atoms. The van der Waals surface area contributed by atoms with E-state index in [0.29, 0.717) is 11.3 Å². The number of rotatable bonds is 3. The average Bonchev–Trinajstić information content (AvgIpc) is 3.04. The van der Waals surface area contributed by atoms with Gasteiger partial charge >= 0.3 is 0 Å². The van der Waals surface area contributed by atoms with Crippen LogP contribution in [0.2, 0.25) is 0 Å². The standard InChI is InChI=1S/C17H19FN2O2/c1-20(12-8-10-19-11-9-12)17(21)16-7-6-15(22-16)13-4-2-3-5-14(13)18/h2-7,12,19H,8-11H2,1H3. The van der Waals surface area contributed by atoms with E-state index in [0.717, 1.165) is 25.9 Å². The Balaban J connectivity index is 1.78. The number of carbonyl (C=O) groups excluding carboxylic acids is 1. The van der Waals surface area contributed by atoms with E-state index in [1.807, 2.05) is 0 Å². The molecule has 2 heterocycles. The van der Waals surface area contributed by atoms with Crippen LogP contribution in [-0.2, 0) is 0 Å². The fourth-order valence-electron chi connectivity index (χ4n) is 2.79. The number of piperidine rings is 1. The van der Waals surface area contributed by atoms with Gasteiger partial charge in [-0.05, 0) is 50.2 Å². The molecule has 1 saturated heterocycles. The fourth-order valence-corrected chi connectivity index (χ4v) is 2.79. The molecule has 1 N–H and O–H groups in total. The highest BCUT2D eigenvalue weighted by Crippen LogP contribution is 2.25. The second-order valence-corrected chi connectivity index (χ2v) is 5.54. The molecule has 22 heavy (non-hydrogen) atoms. The maximum Gasteiger partial charge on any atom is 0.289 e. The summed E-state index contributed by atoms with van der Waals surface area (Å²) in [7, 11) is 1.80. The summed E-state index contributed by atoms with van der Waals surface area (Å²) >= 11 is 0. The van der Waals surface area contributed by atoms with Gasteiger partial charge in [0.2, 0.25) is 0 Å². The molecule has 0 unspecified atom stereocenters. The van der Waals surface area contributed by atoms with Crippen LogP contribution in [0.5, 0.6) is 0 Å². The zero-order chi connectivity index (χ0) is 15.5. The topological polar surface area (TPSA) is 45.5 Å². The van der Waals surface area contributed by atoms with E-state index >= 15 is 0 Å². The molecule has 0 saturated carbocycles. The van der Waals surface area contributed by atoms with Crippen molar-refractivity contribution in [3.63, 3.8) is 0 Å². The fraction of sp³-hybridized carbons (Fsp3) is 0.353. The van der Waals surface area contributed by atoms with Gasteiger partial charge < -0.3 is 14.6 Å². The van der Waals surface area contributed by atoms with Crippen LogP contribution in [0.4, 0.5) is 4.39 Å². The van der Waals surface area contributed by atoms with Crippen LogP contribution in [0.15, 0.2) is 40.8 Å². The average molecular weight is 302 g/mol. The third kappa shape index (κ3) is 2.90. The highest BCUT2D eigenvalue weighted by Gasteiger charge is 2.25. The Morgan fingerprint density at radius 2 is 1.95 bits per heavy atom. The molecular formula is C17H19FN2O2. The van der Waals surface area contributed by atoms with Gasteiger partial charge in [-0.15, -0.1) is 0 Å². The summed E-state index contributed by atoms with van der Waals surface area (Å²) in [5.74, 6) is 0.108. The molecule has 4 nitrogen and oxygen atoms in total. The molecule has 3 rings (SSSR count). The second-order valence-electron chi connectivity index (χ2n) is 5.54. The number of amides is 1. The summed E-state index contributed by atoms with van der Waals surface area (Å²) in [6.07, 6.45) is 1.87. The van der Waals surface area contributed by atoms with E-state index in [1.54, 1.807) is 42.3 Å². The Morgan fingerprint density at radius 1 is 1.23 bits per heavy atom. The molecular weight excluding hydrogens is 283 g/mol. The molecule has 0 aliphatic carbocycles. The van der Waals surface area contributed by atoms with Crippen molar-refractivity contribution in [1.29, 1.82) is 0 Å². The normalized spacial score (nSPS) is 15.7. The summed E-state index contributed by atoms with van der Waals surface area (Å²) in [6.45, 7) is 1.84. The van der Waals surface area contributed by atoms with Gasteiger partial charge in [0.05, 0.1) is 5.56 Å². The molecule has 116 valence electrons. The zero-order valence-corrected chi connectivity index (χ0v) is 12.5. The molecule has 1 aliphatic heterocycles. The van der Waals surface area contributed by atoms with E-state index < -0.39 is 0 Å². The minimum atomic E-state index is -0.359. The van der Waals surface area contributed by atoms with Crippen molar-refractivity contribution < 1.29 is 13.6 Å². The maximum atomic E-state index is 13.8. The van der Waals surface area contributed by atoms with Gasteiger partial charge in [0.25, 0.3) is 5.91 Å². The lowest BCUT2D eigenvalue weighted by Gasteiger charge is -2.31. The number of nitrogens with zero attached hydrogens (tertiary/aromatic N) is 1. The van der Waals surface area contributed by atoms with Gasteiger partial charge in [0.1, 0.15) is 11.6 Å². The van der Waals surface area contributed by atoms with Gasteiger partial charge in [-0.2, -0.15) is 0 Å². The first-order valence-corrected chi connectivity index (χ1v) is 7.49. The highest BCUT2D eigenvalue weighted by molar-refractivity contribution is 5.92. The predicted octanol–water partition coefficient (Wildman–Crippen LogP) is 2.91. The summed E-state index contributed by atoms with van der Waals surface area (Å²) in [5.41, 5.74) is 0.367. The Bertz CT molecular complexity index is 662. The van der Waals surface area contributed by atoms with E-state index in [-0.39, 0.29) is 23.5 Å². The lowest BCUT2D eigenvalue weighted by molar-refractivity contribution is 0.0672. The Labute approximate surface area is 128 Å². The molecule has 0 spiro atoms. The van der Waals surface area contributed by atoms with E-state index in [2.05, 4.69) is 5.32 Å². The lowest BCUT2D eigenvalue weighted by Crippen LogP contribution is -2.43. The number of halogens is 1. The molecule has 1 aromatic carbocycles. The van der Waals surface area contributed by atoms with Crippen LogP contribution in [0, 0.1) is 5.82 Å². The van der Waals surface area contributed by atoms with Crippen molar-refractivity contribution in [2.24, 2.45) is 0 Å².